The number of carbonyl (C=O) groups is 1. The van der Waals surface area contributed by atoms with E-state index in [0.29, 0.717) is 24.9 Å². The first kappa shape index (κ1) is 16.5. The minimum absolute atomic E-state index is 0.101. The number of aromatic amines is 1. The average Bonchev–Trinajstić information content (AvgIpc) is 2.51. The second-order valence-electron chi connectivity index (χ2n) is 4.99. The minimum atomic E-state index is -1.05. The molecule has 122 valence electrons. The highest BCUT2D eigenvalue weighted by Gasteiger charge is 2.13. The van der Waals surface area contributed by atoms with Crippen LogP contribution in [0.4, 0.5) is 5.95 Å². The Kier molecular flexibility index (Phi) is 5.32. The van der Waals surface area contributed by atoms with Crippen molar-refractivity contribution in [2.45, 2.75) is 18.9 Å². The van der Waals surface area contributed by atoms with E-state index in [-0.39, 0.29) is 17.4 Å². The van der Waals surface area contributed by atoms with Crippen molar-refractivity contribution in [2.75, 3.05) is 11.9 Å². The zero-order valence-electron chi connectivity index (χ0n) is 12.3. The number of nitrogens with zero attached hydrogens (tertiary/aromatic N) is 1. The number of aromatic hydroxyl groups is 1. The van der Waals surface area contributed by atoms with Gasteiger partial charge in [0.1, 0.15) is 11.6 Å². The molecule has 23 heavy (non-hydrogen) atoms. The number of aliphatic carboxylic acids is 1. The summed E-state index contributed by atoms with van der Waals surface area (Å²) in [6, 6.07) is 7.80. The number of benzene rings is 1. The lowest BCUT2D eigenvalue weighted by Crippen LogP contribution is -2.30. The van der Waals surface area contributed by atoms with Crippen molar-refractivity contribution in [3.05, 3.63) is 40.7 Å². The zero-order valence-corrected chi connectivity index (χ0v) is 12.3. The monoisotopic (exact) mass is 318 g/mol. The van der Waals surface area contributed by atoms with Crippen molar-refractivity contribution in [1.82, 2.24) is 9.97 Å². The van der Waals surface area contributed by atoms with Gasteiger partial charge in [0, 0.05) is 6.54 Å². The number of carboxylic acid groups (broad SMARTS) is 1. The lowest BCUT2D eigenvalue weighted by molar-refractivity contribution is -0.138. The number of rotatable bonds is 7. The summed E-state index contributed by atoms with van der Waals surface area (Å²) in [5, 5.41) is 21.5. The van der Waals surface area contributed by atoms with E-state index in [9.17, 15) is 14.7 Å². The third kappa shape index (κ3) is 4.30. The number of nitrogens with two attached hydrogens (primary N) is 1. The first-order valence-electron chi connectivity index (χ1n) is 7.10. The van der Waals surface area contributed by atoms with Gasteiger partial charge in [-0.15, -0.1) is 0 Å². The summed E-state index contributed by atoms with van der Waals surface area (Å²) in [7, 11) is 0. The maximum atomic E-state index is 12.1. The molecule has 0 aliphatic carbocycles. The number of carboxylic acids is 1. The number of H-pyrrole nitrogens is 1. The van der Waals surface area contributed by atoms with Crippen molar-refractivity contribution in [3.8, 4) is 17.0 Å². The van der Waals surface area contributed by atoms with E-state index < -0.39 is 17.6 Å². The minimum Gasteiger partial charge on any atom is -0.493 e. The highest BCUT2D eigenvalue weighted by molar-refractivity contribution is 5.73. The van der Waals surface area contributed by atoms with Crippen LogP contribution < -0.4 is 16.6 Å². The molecule has 0 saturated carbocycles. The van der Waals surface area contributed by atoms with Gasteiger partial charge in [-0.1, -0.05) is 30.3 Å². The van der Waals surface area contributed by atoms with Crippen molar-refractivity contribution < 1.29 is 15.0 Å². The fourth-order valence-electron chi connectivity index (χ4n) is 2.06. The van der Waals surface area contributed by atoms with Gasteiger partial charge < -0.3 is 21.3 Å². The van der Waals surface area contributed by atoms with E-state index >= 15 is 0 Å². The average molecular weight is 318 g/mol. The van der Waals surface area contributed by atoms with Crippen LogP contribution in [0, 0.1) is 0 Å². The standard InChI is InChI=1S/C15H18N4O4/c16-10(14(22)23)7-4-8-17-15-18-12(20)11(13(21)19-15)9-5-2-1-3-6-9/h1-3,5-6,10H,4,7-8,16H2,(H,22,23)(H3,17,18,19,20,21). The fraction of sp³-hybridized carbons (Fsp3) is 0.267. The number of nitrogens with one attached hydrogen (secondary N) is 2. The van der Waals surface area contributed by atoms with Crippen LogP contribution in [0.25, 0.3) is 11.1 Å². The number of aromatic nitrogens is 2. The molecule has 1 aromatic heterocycles. The van der Waals surface area contributed by atoms with Gasteiger partial charge in [-0.25, -0.2) is 0 Å². The van der Waals surface area contributed by atoms with Crippen LogP contribution in [0.1, 0.15) is 12.8 Å². The van der Waals surface area contributed by atoms with Gasteiger partial charge in [-0.2, -0.15) is 4.98 Å². The summed E-state index contributed by atoms with van der Waals surface area (Å²) in [5.74, 6) is -1.30. The smallest absolute Gasteiger partial charge is 0.320 e. The van der Waals surface area contributed by atoms with Crippen LogP contribution in [-0.2, 0) is 4.79 Å². The molecule has 0 radical (unpaired) electrons. The fourth-order valence-corrected chi connectivity index (χ4v) is 2.06. The second-order valence-corrected chi connectivity index (χ2v) is 4.99. The molecule has 0 aliphatic rings. The topological polar surface area (TPSA) is 141 Å². The summed E-state index contributed by atoms with van der Waals surface area (Å²) in [6.07, 6.45) is 0.777. The molecule has 0 amide bonds. The van der Waals surface area contributed by atoms with Gasteiger partial charge in [0.2, 0.25) is 11.8 Å². The highest BCUT2D eigenvalue weighted by Crippen LogP contribution is 2.23. The molecule has 8 heteroatoms. The molecule has 1 unspecified atom stereocenters. The van der Waals surface area contributed by atoms with Gasteiger partial charge >= 0.3 is 5.97 Å². The summed E-state index contributed by atoms with van der Waals surface area (Å²) in [5.41, 5.74) is 5.59. The van der Waals surface area contributed by atoms with E-state index in [2.05, 4.69) is 15.3 Å². The molecule has 8 nitrogen and oxygen atoms in total. The molecule has 0 aliphatic heterocycles. The summed E-state index contributed by atoms with van der Waals surface area (Å²) in [6.45, 7) is 0.369. The van der Waals surface area contributed by atoms with E-state index in [1.807, 2.05) is 0 Å². The summed E-state index contributed by atoms with van der Waals surface area (Å²) < 4.78 is 0. The Morgan fingerprint density at radius 1 is 1.35 bits per heavy atom. The van der Waals surface area contributed by atoms with Crippen LogP contribution >= 0.6 is 0 Å². The van der Waals surface area contributed by atoms with Crippen LogP contribution in [0.5, 0.6) is 5.88 Å². The van der Waals surface area contributed by atoms with Gasteiger partial charge in [0.15, 0.2) is 0 Å². The number of hydrogen-bond acceptors (Lipinski definition) is 6. The Labute approximate surface area is 132 Å². The van der Waals surface area contributed by atoms with Crippen molar-refractivity contribution in [1.29, 1.82) is 0 Å². The van der Waals surface area contributed by atoms with Gasteiger partial charge in [-0.3, -0.25) is 14.6 Å². The largest absolute Gasteiger partial charge is 0.493 e. The second kappa shape index (κ2) is 7.41. The molecular formula is C15H18N4O4. The van der Waals surface area contributed by atoms with E-state index in [4.69, 9.17) is 10.8 Å². The zero-order chi connectivity index (χ0) is 16.8. The molecule has 1 heterocycles. The lowest BCUT2D eigenvalue weighted by atomic mass is 10.1. The molecule has 1 aromatic carbocycles. The van der Waals surface area contributed by atoms with Crippen LogP contribution in [0.15, 0.2) is 35.1 Å². The lowest BCUT2D eigenvalue weighted by Gasteiger charge is -2.09. The number of anilines is 1. The maximum Gasteiger partial charge on any atom is 0.320 e. The normalized spacial score (nSPS) is 11.9. The van der Waals surface area contributed by atoms with E-state index in [1.54, 1.807) is 30.3 Å². The highest BCUT2D eigenvalue weighted by atomic mass is 16.4. The molecule has 1 atom stereocenters. The molecule has 0 bridgehead atoms. The van der Waals surface area contributed by atoms with Gasteiger partial charge in [0.05, 0.1) is 0 Å². The number of hydrogen-bond donors (Lipinski definition) is 5. The van der Waals surface area contributed by atoms with Crippen LogP contribution in [0.3, 0.4) is 0 Å². The van der Waals surface area contributed by atoms with Crippen molar-refractivity contribution in [2.24, 2.45) is 5.73 Å². The Bertz CT molecular complexity index is 730. The Balaban J connectivity index is 2.03. The predicted molar refractivity (Wildman–Crippen MR) is 85.3 cm³/mol. The maximum absolute atomic E-state index is 12.1. The SMILES string of the molecule is NC(CCCNc1nc(O)c(-c2ccccc2)c(=O)[nH]1)C(=O)O. The van der Waals surface area contributed by atoms with Crippen molar-refractivity contribution in [3.63, 3.8) is 0 Å². The molecule has 0 spiro atoms. The molecule has 2 rings (SSSR count). The molecular weight excluding hydrogens is 300 g/mol. The molecule has 0 saturated heterocycles. The van der Waals surface area contributed by atoms with E-state index in [0.717, 1.165) is 0 Å². The first-order valence-corrected chi connectivity index (χ1v) is 7.10. The first-order chi connectivity index (χ1) is 11.0. The quantitative estimate of drug-likeness (QED) is 0.474. The third-order valence-electron chi connectivity index (χ3n) is 3.26. The third-order valence-corrected chi connectivity index (χ3v) is 3.26. The molecule has 0 fully saturated rings. The Morgan fingerprint density at radius 2 is 2.04 bits per heavy atom. The van der Waals surface area contributed by atoms with Crippen LogP contribution in [-0.4, -0.2) is 38.7 Å². The van der Waals surface area contributed by atoms with Crippen molar-refractivity contribution >= 4 is 11.9 Å². The summed E-state index contributed by atoms with van der Waals surface area (Å²) >= 11 is 0. The Morgan fingerprint density at radius 3 is 2.65 bits per heavy atom. The van der Waals surface area contributed by atoms with E-state index in [1.165, 1.54) is 0 Å². The van der Waals surface area contributed by atoms with Gasteiger partial charge in [0.25, 0.3) is 5.56 Å². The Hall–Kier alpha value is -2.87. The molecule has 2 aromatic rings. The predicted octanol–water partition coefficient (Wildman–Crippen LogP) is 0.746. The summed E-state index contributed by atoms with van der Waals surface area (Å²) in [4.78, 5) is 29.1. The van der Waals surface area contributed by atoms with Gasteiger partial charge in [-0.05, 0) is 18.4 Å². The molecule has 6 N–H and O–H groups in total. The van der Waals surface area contributed by atoms with Crippen LogP contribution in [0.2, 0.25) is 0 Å².